The number of hydrogen-bond acceptors (Lipinski definition) is 5. The maximum atomic E-state index is 12.3. The van der Waals surface area contributed by atoms with E-state index in [1.165, 1.54) is 48.9 Å². The van der Waals surface area contributed by atoms with Gasteiger partial charge in [0.15, 0.2) is 0 Å². The van der Waals surface area contributed by atoms with E-state index < -0.39 is 33.6 Å². The van der Waals surface area contributed by atoms with Crippen molar-refractivity contribution in [1.29, 1.82) is 0 Å². The molecule has 0 bridgehead atoms. The molecule has 46 heavy (non-hydrogen) atoms. The van der Waals surface area contributed by atoms with Crippen LogP contribution in [0.5, 0.6) is 0 Å². The van der Waals surface area contributed by atoms with Crippen LogP contribution in [0.2, 0.25) is 13.9 Å². The average Bonchev–Trinajstić information content (AvgIpc) is 3.43. The van der Waals surface area contributed by atoms with E-state index in [1.807, 2.05) is 0 Å². The molecule has 1 unspecified atom stereocenters. The second kappa shape index (κ2) is 18.3. The summed E-state index contributed by atoms with van der Waals surface area (Å²) in [6, 6.07) is 21.7. The molecule has 2 heterocycles. The van der Waals surface area contributed by atoms with Crippen molar-refractivity contribution in [2.45, 2.75) is 150 Å². The third-order valence-electron chi connectivity index (χ3n) is 10.5. The molecule has 4 atom stereocenters. The molecule has 0 radical (unpaired) electrons. The zero-order chi connectivity index (χ0) is 33.0. The quantitative estimate of drug-likeness (QED) is 0.116. The molecule has 2 aromatic rings. The van der Waals surface area contributed by atoms with Crippen molar-refractivity contribution in [2.24, 2.45) is 0 Å². The van der Waals surface area contributed by atoms with Crippen LogP contribution in [0.4, 0.5) is 0 Å². The monoisotopic (exact) mass is 759 g/mol. The van der Waals surface area contributed by atoms with Crippen LogP contribution in [0, 0.1) is 0 Å². The molecule has 2 fully saturated rings. The number of nitrogens with zero attached hydrogens (tertiary/aromatic N) is 1. The van der Waals surface area contributed by atoms with Gasteiger partial charge in [0.05, 0.1) is 0 Å². The summed E-state index contributed by atoms with van der Waals surface area (Å²) in [4.78, 5) is 2.53. The van der Waals surface area contributed by atoms with Gasteiger partial charge in [-0.2, -0.15) is 0 Å². The second-order valence-corrected chi connectivity index (χ2v) is 28.7. The Morgan fingerprint density at radius 3 is 1.80 bits per heavy atom. The summed E-state index contributed by atoms with van der Waals surface area (Å²) in [5.41, 5.74) is 0. The van der Waals surface area contributed by atoms with E-state index >= 15 is 0 Å². The fourth-order valence-corrected chi connectivity index (χ4v) is 24.2. The van der Waals surface area contributed by atoms with E-state index in [4.69, 9.17) is 10.6 Å². The van der Waals surface area contributed by atoms with E-state index in [-0.39, 0.29) is 23.3 Å². The second-order valence-electron chi connectivity index (χ2n) is 15.0. The summed E-state index contributed by atoms with van der Waals surface area (Å²) in [5.74, 6) is 0. The fraction of sp³-hybridized carbons (Fsp3) is 0.692. The standard InChI is InChI=1S/C31H47NO4Si.2C4H9.Sn/c1-5-6-7-8-9-10-17-22-32-23-28(33)30(35)29(34)27(32)24-36-37(31(2,3)4,25-18-13-11-14-19-25)26-20-15-12-16-21-26;2*1-3-4-2;/h11-16,18-21,27-30,34H,5-10,17,22-24H2,1-4H3;2*1,3-4H2,2H3;/q-2;;;+2/t27?,28-,29+,30+;;;/m0.../s1. The van der Waals surface area contributed by atoms with Crippen LogP contribution in [0.25, 0.3) is 0 Å². The van der Waals surface area contributed by atoms with E-state index in [0.29, 0.717) is 6.61 Å². The third-order valence-corrected chi connectivity index (χ3v) is 25.9. The number of aliphatic hydroxyl groups is 1. The molecule has 2 aliphatic rings. The Balaban J connectivity index is 1.62. The number of rotatable bonds is 19. The van der Waals surface area contributed by atoms with Crippen LogP contribution < -0.4 is 10.4 Å². The van der Waals surface area contributed by atoms with E-state index in [1.54, 1.807) is 0 Å². The van der Waals surface area contributed by atoms with Gasteiger partial charge in [0.1, 0.15) is 0 Å². The zero-order valence-corrected chi connectivity index (χ0v) is 33.9. The van der Waals surface area contributed by atoms with E-state index in [9.17, 15) is 5.11 Å². The first-order chi connectivity index (χ1) is 22.2. The normalized spacial score (nSPS) is 23.5. The first-order valence-corrected chi connectivity index (χ1v) is 27.0. The number of aliphatic hydroxyl groups excluding tert-OH is 1. The van der Waals surface area contributed by atoms with Crippen molar-refractivity contribution in [3.63, 3.8) is 0 Å². The van der Waals surface area contributed by atoms with Gasteiger partial charge < -0.3 is 0 Å². The topological polar surface area (TPSA) is 51.2 Å². The first kappa shape index (κ1) is 38.1. The number of piperidine rings is 1. The van der Waals surface area contributed by atoms with Gasteiger partial charge >= 0.3 is 282 Å². The summed E-state index contributed by atoms with van der Waals surface area (Å²) < 4.78 is 23.8. The van der Waals surface area contributed by atoms with Gasteiger partial charge in [0.2, 0.25) is 0 Å². The van der Waals surface area contributed by atoms with Crippen molar-refractivity contribution in [3.8, 4) is 0 Å². The summed E-state index contributed by atoms with van der Waals surface area (Å²) in [6.07, 6.45) is 12.7. The van der Waals surface area contributed by atoms with Crippen molar-refractivity contribution in [2.75, 3.05) is 19.7 Å². The molecular weight excluding hydrogens is 693 g/mol. The van der Waals surface area contributed by atoms with Crippen LogP contribution in [0.15, 0.2) is 60.7 Å². The summed E-state index contributed by atoms with van der Waals surface area (Å²) >= 11 is -3.29. The maximum absolute atomic E-state index is 12.3. The van der Waals surface area contributed by atoms with E-state index in [2.05, 4.69) is 107 Å². The molecule has 7 heteroatoms. The molecule has 2 aliphatic heterocycles. The Bertz CT molecular complexity index is 1080. The van der Waals surface area contributed by atoms with Crippen molar-refractivity contribution >= 4 is 37.9 Å². The minimum absolute atomic E-state index is 0.0202. The predicted molar refractivity (Wildman–Crippen MR) is 198 cm³/mol. The van der Waals surface area contributed by atoms with Crippen LogP contribution >= 0.6 is 0 Å². The molecule has 0 saturated carbocycles. The van der Waals surface area contributed by atoms with Gasteiger partial charge in [-0.15, -0.1) is 0 Å². The zero-order valence-electron chi connectivity index (χ0n) is 30.0. The summed E-state index contributed by atoms with van der Waals surface area (Å²) in [7, 11) is -2.74. The van der Waals surface area contributed by atoms with Gasteiger partial charge in [-0.1, -0.05) is 6.92 Å². The molecule has 1 N–H and O–H groups in total. The summed E-state index contributed by atoms with van der Waals surface area (Å²) in [6.45, 7) is 16.1. The number of unbranched alkanes of at least 4 members (excludes halogenated alkanes) is 8. The van der Waals surface area contributed by atoms with E-state index in [0.717, 1.165) is 54.1 Å². The first-order valence-electron chi connectivity index (χ1n) is 18.7. The molecule has 5 nitrogen and oxygen atoms in total. The van der Waals surface area contributed by atoms with Gasteiger partial charge in [-0.3, -0.25) is 0 Å². The molecule has 258 valence electrons. The Labute approximate surface area is 287 Å². The average molecular weight is 759 g/mol. The molecule has 0 aromatic heterocycles. The Morgan fingerprint density at radius 1 is 0.761 bits per heavy atom. The predicted octanol–water partition coefficient (Wildman–Crippen LogP) is 8.19. The van der Waals surface area contributed by atoms with Crippen LogP contribution in [-0.2, 0) is 10.6 Å². The molecule has 2 saturated heterocycles. The molecule has 2 aromatic carbocycles. The number of hydrogen-bond donors (Lipinski definition) is 1. The number of likely N-dealkylation sites (tertiary alicyclic amines) is 1. The van der Waals surface area contributed by atoms with Gasteiger partial charge in [0, 0.05) is 0 Å². The van der Waals surface area contributed by atoms with Gasteiger partial charge in [-0.25, -0.2) is 0 Å². The molecule has 0 amide bonds. The Kier molecular flexibility index (Phi) is 15.1. The van der Waals surface area contributed by atoms with Crippen LogP contribution in [-0.4, -0.2) is 81.6 Å². The number of fused-ring (bicyclic) bond motifs is 1. The summed E-state index contributed by atoms with van der Waals surface area (Å²) in [5, 5.41) is 14.7. The Hall–Kier alpha value is -0.744. The molecular formula is C39H65NO4SiSn. The Morgan fingerprint density at radius 2 is 1.28 bits per heavy atom. The van der Waals surface area contributed by atoms with Crippen LogP contribution in [0.1, 0.15) is 112 Å². The van der Waals surface area contributed by atoms with Gasteiger partial charge in [-0.05, 0) is 0 Å². The van der Waals surface area contributed by atoms with Crippen LogP contribution in [0.3, 0.4) is 0 Å². The molecule has 0 aliphatic carbocycles. The van der Waals surface area contributed by atoms with Crippen molar-refractivity contribution in [1.82, 2.24) is 4.90 Å². The van der Waals surface area contributed by atoms with Crippen molar-refractivity contribution < 1.29 is 15.7 Å². The van der Waals surface area contributed by atoms with Crippen molar-refractivity contribution in [3.05, 3.63) is 60.7 Å². The SMILES string of the molecule is CCCCCCCCCN1C[C@@H]2[O][Sn]([CH2]CCC)([CH2]CCC)[O][C@H]2[C@H](O)C1CO[Si](c1ccccc1)(c1ccccc1)C(C)(C)C. The molecule has 4 rings (SSSR count). The fourth-order valence-electron chi connectivity index (χ4n) is 7.88. The van der Waals surface area contributed by atoms with Gasteiger partial charge in [0.25, 0.3) is 0 Å². The molecule has 0 spiro atoms. The number of benzene rings is 2. The minimum atomic E-state index is -3.29. The third kappa shape index (κ3) is 9.27.